The minimum Gasteiger partial charge on any atom is -0.151 e. The van der Waals surface area contributed by atoms with Crippen LogP contribution < -0.4 is 0 Å². The quantitative estimate of drug-likeness (QED) is 0.465. The minimum absolute atomic E-state index is 0.753. The lowest BCUT2D eigenvalue weighted by Crippen LogP contribution is -1.90. The number of rotatable bonds is 5. The van der Waals surface area contributed by atoms with Gasteiger partial charge in [-0.3, -0.25) is 0 Å². The molecule has 0 saturated carbocycles. The van der Waals surface area contributed by atoms with Crippen LogP contribution in [0.5, 0.6) is 0 Å². The van der Waals surface area contributed by atoms with Gasteiger partial charge >= 0.3 is 0 Å². The van der Waals surface area contributed by atoms with Crippen LogP contribution in [0.3, 0.4) is 0 Å². The standard InChI is InChI=1S/C8H16S2/c1-4-5-6-7-8(9-2)10-3/h5-6,8H,4,7H2,1-3H3. The van der Waals surface area contributed by atoms with E-state index in [1.807, 2.05) is 23.5 Å². The second-order valence-electron chi connectivity index (χ2n) is 2.02. The van der Waals surface area contributed by atoms with E-state index < -0.39 is 0 Å². The first-order chi connectivity index (χ1) is 4.85. The molecular weight excluding hydrogens is 160 g/mol. The van der Waals surface area contributed by atoms with Gasteiger partial charge in [0.15, 0.2) is 0 Å². The maximum absolute atomic E-state index is 2.28. The predicted molar refractivity (Wildman–Crippen MR) is 54.9 cm³/mol. The largest absolute Gasteiger partial charge is 0.151 e. The number of hydrogen-bond acceptors (Lipinski definition) is 2. The normalized spacial score (nSPS) is 11.6. The summed E-state index contributed by atoms with van der Waals surface area (Å²) in [5, 5.41) is 0. The van der Waals surface area contributed by atoms with Crippen LogP contribution in [0.2, 0.25) is 0 Å². The molecule has 0 aromatic carbocycles. The van der Waals surface area contributed by atoms with Gasteiger partial charge in [0.1, 0.15) is 0 Å². The van der Waals surface area contributed by atoms with E-state index in [0.29, 0.717) is 0 Å². The maximum Gasteiger partial charge on any atom is 0.0531 e. The Kier molecular flexibility index (Phi) is 7.88. The van der Waals surface area contributed by atoms with Crippen molar-refractivity contribution in [2.24, 2.45) is 0 Å². The smallest absolute Gasteiger partial charge is 0.0531 e. The first-order valence-electron chi connectivity index (χ1n) is 3.55. The highest BCUT2D eigenvalue weighted by atomic mass is 32.2. The molecule has 0 atom stereocenters. The molecule has 60 valence electrons. The Bertz CT molecular complexity index is 85.3. The highest BCUT2D eigenvalue weighted by molar-refractivity contribution is 8.16. The molecule has 0 aliphatic rings. The predicted octanol–water partition coefficient (Wildman–Crippen LogP) is 3.39. The van der Waals surface area contributed by atoms with E-state index in [0.717, 1.165) is 11.0 Å². The summed E-state index contributed by atoms with van der Waals surface area (Å²) >= 11 is 3.86. The summed E-state index contributed by atoms with van der Waals surface area (Å²) in [6.07, 6.45) is 11.2. The Labute approximate surface area is 72.9 Å². The van der Waals surface area contributed by atoms with Crippen LogP contribution in [-0.4, -0.2) is 17.1 Å². The van der Waals surface area contributed by atoms with Crippen LogP contribution in [0.25, 0.3) is 0 Å². The molecule has 0 spiro atoms. The molecule has 0 aromatic rings. The second-order valence-corrected chi connectivity index (χ2v) is 4.40. The van der Waals surface area contributed by atoms with E-state index in [1.54, 1.807) is 0 Å². The number of allylic oxidation sites excluding steroid dienone is 2. The van der Waals surface area contributed by atoms with E-state index in [9.17, 15) is 0 Å². The van der Waals surface area contributed by atoms with Crippen molar-refractivity contribution in [3.8, 4) is 0 Å². The lowest BCUT2D eigenvalue weighted by molar-refractivity contribution is 1.14. The van der Waals surface area contributed by atoms with Crippen molar-refractivity contribution >= 4 is 23.5 Å². The average Bonchev–Trinajstić information content (AvgIpc) is 1.99. The summed E-state index contributed by atoms with van der Waals surface area (Å²) in [5.41, 5.74) is 0. The minimum atomic E-state index is 0.753. The number of thioether (sulfide) groups is 2. The molecule has 0 heterocycles. The molecule has 10 heavy (non-hydrogen) atoms. The molecule has 0 bridgehead atoms. The van der Waals surface area contributed by atoms with Gasteiger partial charge in [-0.2, -0.15) is 23.5 Å². The van der Waals surface area contributed by atoms with Gasteiger partial charge in [0.05, 0.1) is 4.58 Å². The first kappa shape index (κ1) is 10.4. The van der Waals surface area contributed by atoms with Crippen LogP contribution in [0.15, 0.2) is 12.2 Å². The van der Waals surface area contributed by atoms with E-state index in [2.05, 4.69) is 31.6 Å². The topological polar surface area (TPSA) is 0 Å². The van der Waals surface area contributed by atoms with E-state index in [4.69, 9.17) is 0 Å². The van der Waals surface area contributed by atoms with Crippen molar-refractivity contribution < 1.29 is 0 Å². The second kappa shape index (κ2) is 7.55. The van der Waals surface area contributed by atoms with Crippen molar-refractivity contribution in [1.82, 2.24) is 0 Å². The zero-order valence-electron chi connectivity index (χ0n) is 6.96. The van der Waals surface area contributed by atoms with E-state index in [-0.39, 0.29) is 0 Å². The van der Waals surface area contributed by atoms with E-state index >= 15 is 0 Å². The van der Waals surface area contributed by atoms with Crippen molar-refractivity contribution in [3.05, 3.63) is 12.2 Å². The fraction of sp³-hybridized carbons (Fsp3) is 0.750. The Hall–Kier alpha value is 0.440. The van der Waals surface area contributed by atoms with Crippen molar-refractivity contribution in [2.45, 2.75) is 24.3 Å². The van der Waals surface area contributed by atoms with Gasteiger partial charge in [-0.1, -0.05) is 19.1 Å². The molecule has 2 heteroatoms. The van der Waals surface area contributed by atoms with Crippen molar-refractivity contribution in [2.75, 3.05) is 12.5 Å². The number of hydrogen-bond donors (Lipinski definition) is 0. The van der Waals surface area contributed by atoms with Gasteiger partial charge < -0.3 is 0 Å². The van der Waals surface area contributed by atoms with Crippen LogP contribution in [0, 0.1) is 0 Å². The van der Waals surface area contributed by atoms with Crippen molar-refractivity contribution in [3.63, 3.8) is 0 Å². The van der Waals surface area contributed by atoms with Gasteiger partial charge in [0.2, 0.25) is 0 Å². The monoisotopic (exact) mass is 176 g/mol. The Balaban J connectivity index is 3.34. The fourth-order valence-corrected chi connectivity index (χ4v) is 2.04. The molecule has 0 N–H and O–H groups in total. The van der Waals surface area contributed by atoms with Crippen LogP contribution in [0.4, 0.5) is 0 Å². The molecular formula is C8H16S2. The van der Waals surface area contributed by atoms with E-state index in [1.165, 1.54) is 6.42 Å². The zero-order valence-corrected chi connectivity index (χ0v) is 8.60. The molecule has 0 aliphatic heterocycles. The zero-order chi connectivity index (χ0) is 7.82. The van der Waals surface area contributed by atoms with Gasteiger partial charge in [0.25, 0.3) is 0 Å². The van der Waals surface area contributed by atoms with Crippen LogP contribution >= 0.6 is 23.5 Å². The van der Waals surface area contributed by atoms with Crippen LogP contribution in [-0.2, 0) is 0 Å². The summed E-state index contributed by atoms with van der Waals surface area (Å²) in [5.74, 6) is 0. The summed E-state index contributed by atoms with van der Waals surface area (Å²) in [7, 11) is 0. The third kappa shape index (κ3) is 5.24. The maximum atomic E-state index is 2.28. The SMILES string of the molecule is CCC=CCC(SC)SC. The molecule has 0 amide bonds. The lowest BCUT2D eigenvalue weighted by Gasteiger charge is -2.06. The molecule has 0 nitrogen and oxygen atoms in total. The molecule has 0 saturated heterocycles. The van der Waals surface area contributed by atoms with Gasteiger partial charge in [-0.05, 0) is 25.4 Å². The Morgan fingerprint density at radius 3 is 2.20 bits per heavy atom. The third-order valence-electron chi connectivity index (χ3n) is 1.26. The highest BCUT2D eigenvalue weighted by Gasteiger charge is 1.99. The summed E-state index contributed by atoms with van der Waals surface area (Å²) in [6.45, 7) is 2.17. The lowest BCUT2D eigenvalue weighted by atomic mass is 10.3. The summed E-state index contributed by atoms with van der Waals surface area (Å²) < 4.78 is 0.753. The molecule has 0 aromatic heterocycles. The van der Waals surface area contributed by atoms with Gasteiger partial charge in [-0.15, -0.1) is 0 Å². The molecule has 0 fully saturated rings. The van der Waals surface area contributed by atoms with Gasteiger partial charge in [0, 0.05) is 0 Å². The summed E-state index contributed by atoms with van der Waals surface area (Å²) in [4.78, 5) is 0. The van der Waals surface area contributed by atoms with Crippen molar-refractivity contribution in [1.29, 1.82) is 0 Å². The molecule has 0 rings (SSSR count). The summed E-state index contributed by atoms with van der Waals surface area (Å²) in [6, 6.07) is 0. The molecule has 0 radical (unpaired) electrons. The Morgan fingerprint density at radius 2 is 1.80 bits per heavy atom. The van der Waals surface area contributed by atoms with Crippen LogP contribution in [0.1, 0.15) is 19.8 Å². The third-order valence-corrected chi connectivity index (χ3v) is 3.85. The Morgan fingerprint density at radius 1 is 1.20 bits per heavy atom. The fourth-order valence-electron chi connectivity index (χ4n) is 0.663. The highest BCUT2D eigenvalue weighted by Crippen LogP contribution is 2.22. The van der Waals surface area contributed by atoms with Gasteiger partial charge in [-0.25, -0.2) is 0 Å². The molecule has 0 unspecified atom stereocenters. The molecule has 0 aliphatic carbocycles. The first-order valence-corrected chi connectivity index (χ1v) is 6.13. The average molecular weight is 176 g/mol.